The van der Waals surface area contributed by atoms with Gasteiger partial charge in [-0.2, -0.15) is 11.8 Å². The van der Waals surface area contributed by atoms with Crippen molar-refractivity contribution in [3.05, 3.63) is 30.1 Å². The first kappa shape index (κ1) is 22.3. The molecular weight excluding hydrogens is 428 g/mol. The van der Waals surface area contributed by atoms with Crippen LogP contribution in [-0.2, 0) is 0 Å². The SMILES string of the molecule is CN=C(NCC(C)Oc1ccc(F)cc1)NCC(C)(C)SC.I. The number of ether oxygens (including phenoxy) is 1. The molecule has 0 radical (unpaired) electrons. The van der Waals surface area contributed by atoms with Gasteiger partial charge in [0.15, 0.2) is 5.96 Å². The quantitative estimate of drug-likeness (QED) is 0.375. The second-order valence-corrected chi connectivity index (χ2v) is 7.17. The summed E-state index contributed by atoms with van der Waals surface area (Å²) in [5.41, 5.74) is 0. The number of thioether (sulfide) groups is 1. The van der Waals surface area contributed by atoms with Gasteiger partial charge in [0, 0.05) is 18.3 Å². The number of nitrogens with zero attached hydrogens (tertiary/aromatic N) is 1. The molecule has 0 aliphatic heterocycles. The Labute approximate surface area is 160 Å². The molecule has 0 bridgehead atoms. The van der Waals surface area contributed by atoms with Crippen molar-refractivity contribution >= 4 is 41.7 Å². The fourth-order valence-corrected chi connectivity index (χ4v) is 1.83. The number of guanidine groups is 1. The van der Waals surface area contributed by atoms with Gasteiger partial charge in [-0.05, 0) is 51.3 Å². The van der Waals surface area contributed by atoms with Crippen LogP contribution < -0.4 is 15.4 Å². The molecule has 132 valence electrons. The molecule has 0 aliphatic rings. The number of benzene rings is 1. The van der Waals surface area contributed by atoms with Crippen molar-refractivity contribution < 1.29 is 9.13 Å². The summed E-state index contributed by atoms with van der Waals surface area (Å²) in [6.45, 7) is 7.74. The van der Waals surface area contributed by atoms with E-state index in [-0.39, 0.29) is 40.6 Å². The van der Waals surface area contributed by atoms with Gasteiger partial charge in [-0.1, -0.05) is 0 Å². The average molecular weight is 455 g/mol. The summed E-state index contributed by atoms with van der Waals surface area (Å²) in [6.07, 6.45) is 2.04. The predicted octanol–water partition coefficient (Wildman–Crippen LogP) is 3.52. The maximum Gasteiger partial charge on any atom is 0.191 e. The van der Waals surface area contributed by atoms with Crippen LogP contribution in [0.2, 0.25) is 0 Å². The standard InChI is InChI=1S/C16H26FN3OS.HI/c1-12(21-14-8-6-13(17)7-9-14)10-19-15(18-4)20-11-16(2,3)22-5;/h6-9,12H,10-11H2,1-5H3,(H2,18,19,20);1H. The van der Waals surface area contributed by atoms with Crippen LogP contribution in [0, 0.1) is 5.82 Å². The molecule has 1 aromatic rings. The first-order valence-corrected chi connectivity index (χ1v) is 8.50. The summed E-state index contributed by atoms with van der Waals surface area (Å²) in [5, 5.41) is 6.53. The minimum atomic E-state index is -0.265. The minimum absolute atomic E-state index is 0. The molecule has 1 aromatic carbocycles. The number of hydrogen-bond donors (Lipinski definition) is 2. The summed E-state index contributed by atoms with van der Waals surface area (Å²) in [7, 11) is 1.74. The topological polar surface area (TPSA) is 45.7 Å². The van der Waals surface area contributed by atoms with Gasteiger partial charge in [0.25, 0.3) is 0 Å². The summed E-state index contributed by atoms with van der Waals surface area (Å²) in [5.74, 6) is 1.14. The zero-order valence-corrected chi connectivity index (χ0v) is 17.5. The van der Waals surface area contributed by atoms with E-state index in [4.69, 9.17) is 4.74 Å². The lowest BCUT2D eigenvalue weighted by molar-refractivity contribution is 0.223. The van der Waals surface area contributed by atoms with Crippen molar-refractivity contribution in [2.75, 3.05) is 26.4 Å². The number of aliphatic imine (C=N–C) groups is 1. The normalized spacial score (nSPS) is 13.0. The van der Waals surface area contributed by atoms with E-state index >= 15 is 0 Å². The first-order chi connectivity index (χ1) is 10.4. The van der Waals surface area contributed by atoms with Gasteiger partial charge in [0.1, 0.15) is 17.7 Å². The molecule has 0 spiro atoms. The lowest BCUT2D eigenvalue weighted by atomic mass is 10.2. The molecule has 0 fully saturated rings. The van der Waals surface area contributed by atoms with Crippen LogP contribution in [0.3, 0.4) is 0 Å². The monoisotopic (exact) mass is 455 g/mol. The largest absolute Gasteiger partial charge is 0.489 e. The Bertz CT molecular complexity index is 483. The van der Waals surface area contributed by atoms with Gasteiger partial charge in [-0.25, -0.2) is 4.39 Å². The van der Waals surface area contributed by atoms with Crippen LogP contribution in [-0.4, -0.2) is 43.2 Å². The van der Waals surface area contributed by atoms with E-state index in [0.717, 1.165) is 12.5 Å². The third-order valence-electron chi connectivity index (χ3n) is 3.17. The molecule has 1 rings (SSSR count). The van der Waals surface area contributed by atoms with Crippen molar-refractivity contribution in [3.63, 3.8) is 0 Å². The van der Waals surface area contributed by atoms with Crippen molar-refractivity contribution in [3.8, 4) is 5.75 Å². The van der Waals surface area contributed by atoms with Crippen molar-refractivity contribution in [2.45, 2.75) is 31.6 Å². The highest BCUT2D eigenvalue weighted by atomic mass is 127. The third-order valence-corrected chi connectivity index (χ3v) is 4.42. The van der Waals surface area contributed by atoms with E-state index in [1.54, 1.807) is 30.9 Å². The van der Waals surface area contributed by atoms with Crippen LogP contribution in [0.5, 0.6) is 5.75 Å². The third kappa shape index (κ3) is 9.24. The molecule has 0 aromatic heterocycles. The fraction of sp³-hybridized carbons (Fsp3) is 0.562. The van der Waals surface area contributed by atoms with Crippen LogP contribution in [0.15, 0.2) is 29.3 Å². The van der Waals surface area contributed by atoms with Gasteiger partial charge < -0.3 is 15.4 Å². The van der Waals surface area contributed by atoms with E-state index in [9.17, 15) is 4.39 Å². The Morgan fingerprint density at radius 1 is 1.30 bits per heavy atom. The lowest BCUT2D eigenvalue weighted by Gasteiger charge is -2.24. The summed E-state index contributed by atoms with van der Waals surface area (Å²) >= 11 is 1.81. The summed E-state index contributed by atoms with van der Waals surface area (Å²) < 4.78 is 18.7. The zero-order chi connectivity index (χ0) is 16.6. The van der Waals surface area contributed by atoms with Gasteiger partial charge in [0.05, 0.1) is 6.54 Å². The summed E-state index contributed by atoms with van der Waals surface area (Å²) in [6, 6.07) is 6.03. The number of hydrogen-bond acceptors (Lipinski definition) is 3. The Balaban J connectivity index is 0.00000484. The van der Waals surface area contributed by atoms with Gasteiger partial charge in [-0.15, -0.1) is 24.0 Å². The minimum Gasteiger partial charge on any atom is -0.489 e. The Hall–Kier alpha value is -0.700. The van der Waals surface area contributed by atoms with E-state index in [1.807, 2.05) is 6.92 Å². The maximum atomic E-state index is 12.8. The molecule has 0 aliphatic carbocycles. The highest BCUT2D eigenvalue weighted by Crippen LogP contribution is 2.19. The van der Waals surface area contributed by atoms with E-state index in [2.05, 4.69) is 35.7 Å². The highest BCUT2D eigenvalue weighted by molar-refractivity contribution is 14.0. The Kier molecular flexibility index (Phi) is 10.6. The fourth-order valence-electron chi connectivity index (χ4n) is 1.62. The van der Waals surface area contributed by atoms with Gasteiger partial charge in [0.2, 0.25) is 0 Å². The number of nitrogens with one attached hydrogen (secondary N) is 2. The van der Waals surface area contributed by atoms with Crippen molar-refractivity contribution in [1.29, 1.82) is 0 Å². The van der Waals surface area contributed by atoms with Crippen LogP contribution in [0.4, 0.5) is 4.39 Å². The molecule has 2 N–H and O–H groups in total. The van der Waals surface area contributed by atoms with Crippen molar-refractivity contribution in [1.82, 2.24) is 10.6 Å². The zero-order valence-electron chi connectivity index (χ0n) is 14.4. The smallest absolute Gasteiger partial charge is 0.191 e. The Morgan fingerprint density at radius 2 is 1.91 bits per heavy atom. The molecule has 7 heteroatoms. The Morgan fingerprint density at radius 3 is 2.43 bits per heavy atom. The molecule has 4 nitrogen and oxygen atoms in total. The lowest BCUT2D eigenvalue weighted by Crippen LogP contribution is -2.45. The number of rotatable bonds is 7. The summed E-state index contributed by atoms with van der Waals surface area (Å²) in [4.78, 5) is 4.20. The first-order valence-electron chi connectivity index (χ1n) is 7.28. The molecule has 0 heterocycles. The molecule has 1 atom stereocenters. The molecule has 0 amide bonds. The van der Waals surface area contributed by atoms with Gasteiger partial charge in [-0.3, -0.25) is 4.99 Å². The van der Waals surface area contributed by atoms with E-state index in [1.165, 1.54) is 12.1 Å². The highest BCUT2D eigenvalue weighted by Gasteiger charge is 2.16. The average Bonchev–Trinajstić information content (AvgIpc) is 2.50. The van der Waals surface area contributed by atoms with E-state index in [0.29, 0.717) is 12.3 Å². The molecule has 1 unspecified atom stereocenters. The second-order valence-electron chi connectivity index (χ2n) is 5.65. The predicted molar refractivity (Wildman–Crippen MR) is 109 cm³/mol. The van der Waals surface area contributed by atoms with Crippen LogP contribution in [0.1, 0.15) is 20.8 Å². The molecule has 23 heavy (non-hydrogen) atoms. The molecule has 0 saturated heterocycles. The molecule has 0 saturated carbocycles. The van der Waals surface area contributed by atoms with Crippen LogP contribution >= 0.6 is 35.7 Å². The second kappa shape index (κ2) is 11.0. The van der Waals surface area contributed by atoms with Crippen molar-refractivity contribution in [2.24, 2.45) is 4.99 Å². The molecular formula is C16H27FIN3OS. The number of halogens is 2. The maximum absolute atomic E-state index is 12.8. The van der Waals surface area contributed by atoms with Crippen LogP contribution in [0.25, 0.3) is 0 Å². The van der Waals surface area contributed by atoms with E-state index < -0.39 is 0 Å². The van der Waals surface area contributed by atoms with Gasteiger partial charge >= 0.3 is 0 Å².